The lowest BCUT2D eigenvalue weighted by Crippen LogP contribution is -2.21. The standard InChI is InChI=1S/C6H8N4O2S/c7-3-1-2(4(8)11)5(13-3)10-6(9)12/h1H,7H2,(H2,8,11)(H3,9,10,12). The predicted molar refractivity (Wildman–Crippen MR) is 50.5 cm³/mol. The van der Waals surface area contributed by atoms with Crippen molar-refractivity contribution in [3.63, 3.8) is 0 Å². The Morgan fingerprint density at radius 3 is 2.46 bits per heavy atom. The fourth-order valence-corrected chi connectivity index (χ4v) is 1.63. The number of carbonyl (C=O) groups is 2. The SMILES string of the molecule is NC(=O)Nc1sc(N)cc1C(N)=O. The van der Waals surface area contributed by atoms with E-state index in [9.17, 15) is 9.59 Å². The first kappa shape index (κ1) is 9.33. The Kier molecular flexibility index (Phi) is 2.38. The van der Waals surface area contributed by atoms with E-state index in [-0.39, 0.29) is 10.6 Å². The van der Waals surface area contributed by atoms with Gasteiger partial charge in [-0.1, -0.05) is 0 Å². The maximum Gasteiger partial charge on any atom is 0.317 e. The largest absolute Gasteiger partial charge is 0.391 e. The third-order valence-electron chi connectivity index (χ3n) is 1.25. The lowest BCUT2D eigenvalue weighted by atomic mass is 10.3. The molecule has 0 aliphatic carbocycles. The molecule has 0 fully saturated rings. The van der Waals surface area contributed by atoms with Crippen LogP contribution >= 0.6 is 11.3 Å². The molecule has 7 heteroatoms. The molecule has 0 aromatic carbocycles. The zero-order chi connectivity index (χ0) is 10.0. The first-order valence-electron chi connectivity index (χ1n) is 3.26. The van der Waals surface area contributed by atoms with E-state index in [0.29, 0.717) is 5.00 Å². The van der Waals surface area contributed by atoms with E-state index in [1.807, 2.05) is 0 Å². The second-order valence-electron chi connectivity index (χ2n) is 2.25. The van der Waals surface area contributed by atoms with E-state index < -0.39 is 11.9 Å². The van der Waals surface area contributed by atoms with Gasteiger partial charge in [0.1, 0.15) is 5.00 Å². The van der Waals surface area contributed by atoms with Gasteiger partial charge in [0.2, 0.25) is 0 Å². The Labute approximate surface area is 77.7 Å². The van der Waals surface area contributed by atoms with Crippen molar-refractivity contribution in [1.82, 2.24) is 0 Å². The minimum atomic E-state index is -0.760. The van der Waals surface area contributed by atoms with Gasteiger partial charge >= 0.3 is 6.03 Å². The molecule has 0 atom stereocenters. The van der Waals surface area contributed by atoms with Crippen LogP contribution in [0.15, 0.2) is 6.07 Å². The summed E-state index contributed by atoms with van der Waals surface area (Å²) in [4.78, 5) is 21.3. The van der Waals surface area contributed by atoms with Crippen molar-refractivity contribution in [3.8, 4) is 0 Å². The van der Waals surface area contributed by atoms with Gasteiger partial charge in [-0.05, 0) is 6.07 Å². The average molecular weight is 200 g/mol. The van der Waals surface area contributed by atoms with Gasteiger partial charge in [0.25, 0.3) is 5.91 Å². The van der Waals surface area contributed by atoms with Crippen LogP contribution in [0.1, 0.15) is 10.4 Å². The van der Waals surface area contributed by atoms with Gasteiger partial charge < -0.3 is 17.2 Å². The molecule has 0 aliphatic heterocycles. The third kappa shape index (κ3) is 2.09. The van der Waals surface area contributed by atoms with Gasteiger partial charge in [-0.2, -0.15) is 0 Å². The molecule has 0 spiro atoms. The van der Waals surface area contributed by atoms with Gasteiger partial charge in [0, 0.05) is 0 Å². The number of thiophene rings is 1. The van der Waals surface area contributed by atoms with E-state index in [1.54, 1.807) is 0 Å². The van der Waals surface area contributed by atoms with E-state index in [1.165, 1.54) is 6.07 Å². The lowest BCUT2D eigenvalue weighted by Gasteiger charge is -1.98. The van der Waals surface area contributed by atoms with Crippen LogP contribution in [0.3, 0.4) is 0 Å². The van der Waals surface area contributed by atoms with Crippen molar-refractivity contribution >= 4 is 33.3 Å². The molecule has 13 heavy (non-hydrogen) atoms. The third-order valence-corrected chi connectivity index (χ3v) is 2.13. The molecule has 0 saturated heterocycles. The molecule has 1 aromatic rings. The van der Waals surface area contributed by atoms with Crippen LogP contribution in [0.25, 0.3) is 0 Å². The van der Waals surface area contributed by atoms with Crippen LogP contribution < -0.4 is 22.5 Å². The maximum absolute atomic E-state index is 10.8. The summed E-state index contributed by atoms with van der Waals surface area (Å²) in [6.07, 6.45) is 0. The second kappa shape index (κ2) is 3.31. The molecule has 3 amide bonds. The first-order valence-corrected chi connectivity index (χ1v) is 4.08. The van der Waals surface area contributed by atoms with Gasteiger partial charge in [0.05, 0.1) is 10.6 Å². The lowest BCUT2D eigenvalue weighted by molar-refractivity contribution is 0.100. The number of nitrogens with two attached hydrogens (primary N) is 3. The molecule has 0 bridgehead atoms. The molecule has 0 aliphatic rings. The Bertz CT molecular complexity index is 360. The topological polar surface area (TPSA) is 124 Å². The molecule has 0 unspecified atom stereocenters. The normalized spacial score (nSPS) is 9.54. The molecule has 1 rings (SSSR count). The van der Waals surface area contributed by atoms with Crippen molar-refractivity contribution in [3.05, 3.63) is 11.6 Å². The molecule has 70 valence electrons. The number of carbonyl (C=O) groups excluding carboxylic acids is 2. The number of hydrogen-bond acceptors (Lipinski definition) is 4. The highest BCUT2D eigenvalue weighted by Crippen LogP contribution is 2.29. The zero-order valence-electron chi connectivity index (χ0n) is 6.53. The number of rotatable bonds is 2. The molecule has 7 N–H and O–H groups in total. The number of hydrogen-bond donors (Lipinski definition) is 4. The van der Waals surface area contributed by atoms with Crippen LogP contribution in [0.4, 0.5) is 14.8 Å². The van der Waals surface area contributed by atoms with Crippen molar-refractivity contribution < 1.29 is 9.59 Å². The molecular weight excluding hydrogens is 192 g/mol. The minimum absolute atomic E-state index is 0.168. The van der Waals surface area contributed by atoms with Crippen molar-refractivity contribution in [2.45, 2.75) is 0 Å². The Morgan fingerprint density at radius 1 is 1.38 bits per heavy atom. The van der Waals surface area contributed by atoms with Crippen LogP contribution in [-0.2, 0) is 0 Å². The van der Waals surface area contributed by atoms with E-state index in [4.69, 9.17) is 17.2 Å². The predicted octanol–water partition coefficient (Wildman–Crippen LogP) is -0.0802. The molecule has 1 aromatic heterocycles. The highest BCUT2D eigenvalue weighted by molar-refractivity contribution is 7.20. The summed E-state index contributed by atoms with van der Waals surface area (Å²) < 4.78 is 0. The number of anilines is 2. The Balaban J connectivity index is 3.04. The summed E-state index contributed by atoms with van der Waals surface area (Å²) in [7, 11) is 0. The highest BCUT2D eigenvalue weighted by Gasteiger charge is 2.13. The summed E-state index contributed by atoms with van der Waals surface area (Å²) in [6, 6.07) is 0.627. The van der Waals surface area contributed by atoms with E-state index in [0.717, 1.165) is 11.3 Å². The average Bonchev–Trinajstić information content (AvgIpc) is 2.29. The van der Waals surface area contributed by atoms with E-state index >= 15 is 0 Å². The van der Waals surface area contributed by atoms with Gasteiger partial charge in [-0.25, -0.2) is 4.79 Å². The molecular formula is C6H8N4O2S. The Morgan fingerprint density at radius 2 is 2.00 bits per heavy atom. The summed E-state index contributed by atoms with van der Waals surface area (Å²) in [6.45, 7) is 0. The highest BCUT2D eigenvalue weighted by atomic mass is 32.1. The summed E-state index contributed by atoms with van der Waals surface area (Å²) in [5.41, 5.74) is 15.5. The number of nitrogen functional groups attached to an aromatic ring is 1. The molecule has 0 saturated carbocycles. The van der Waals surface area contributed by atoms with Crippen LogP contribution in [-0.4, -0.2) is 11.9 Å². The fraction of sp³-hybridized carbons (Fsp3) is 0. The van der Waals surface area contributed by atoms with Crippen LogP contribution in [0, 0.1) is 0 Å². The quantitative estimate of drug-likeness (QED) is 0.533. The first-order chi connectivity index (χ1) is 6.00. The number of primary amides is 2. The van der Waals surface area contributed by atoms with Crippen molar-refractivity contribution in [2.75, 3.05) is 11.1 Å². The van der Waals surface area contributed by atoms with Crippen molar-refractivity contribution in [2.24, 2.45) is 11.5 Å². The van der Waals surface area contributed by atoms with Crippen LogP contribution in [0.5, 0.6) is 0 Å². The fourth-order valence-electron chi connectivity index (χ4n) is 0.798. The van der Waals surface area contributed by atoms with Crippen LogP contribution in [0.2, 0.25) is 0 Å². The zero-order valence-corrected chi connectivity index (χ0v) is 7.35. The molecule has 0 radical (unpaired) electrons. The smallest absolute Gasteiger partial charge is 0.317 e. The number of amides is 3. The second-order valence-corrected chi connectivity index (χ2v) is 3.33. The minimum Gasteiger partial charge on any atom is -0.391 e. The van der Waals surface area contributed by atoms with Gasteiger partial charge in [-0.3, -0.25) is 10.1 Å². The van der Waals surface area contributed by atoms with Crippen molar-refractivity contribution in [1.29, 1.82) is 0 Å². The molecule has 6 nitrogen and oxygen atoms in total. The summed E-state index contributed by atoms with van der Waals surface area (Å²) >= 11 is 1.04. The summed E-state index contributed by atoms with van der Waals surface area (Å²) in [5.74, 6) is -0.656. The molecule has 1 heterocycles. The number of nitrogens with one attached hydrogen (secondary N) is 1. The summed E-state index contributed by atoms with van der Waals surface area (Å²) in [5, 5.41) is 2.91. The maximum atomic E-state index is 10.8. The number of urea groups is 1. The van der Waals surface area contributed by atoms with E-state index in [2.05, 4.69) is 5.32 Å². The van der Waals surface area contributed by atoms with Gasteiger partial charge in [0.15, 0.2) is 0 Å². The Hall–Kier alpha value is -1.76. The monoisotopic (exact) mass is 200 g/mol. The van der Waals surface area contributed by atoms with Gasteiger partial charge in [-0.15, -0.1) is 11.3 Å².